The zero-order chi connectivity index (χ0) is 21.4. The maximum atomic E-state index is 13.5. The van der Waals surface area contributed by atoms with Crippen LogP contribution in [-0.2, 0) is 14.3 Å². The zero-order valence-corrected chi connectivity index (χ0v) is 16.3. The number of aromatic nitrogens is 3. The summed E-state index contributed by atoms with van der Waals surface area (Å²) in [5.74, 6) is -4.14. The van der Waals surface area contributed by atoms with Crippen LogP contribution < -0.4 is 11.1 Å². The standard InChI is InChI=1S/C19H23F2N5O4/c20-19(21)6-4-18(5-7-19,17(22)28)30-16(27)13-11-23-26-8-1-14(25-15(13)26)24-12-2-9-29-10-3-12/h1,8,11-12H,2-7,9-10H2,(H2,22,28)(H,24,25). The molecule has 1 saturated heterocycles. The van der Waals surface area contributed by atoms with Crippen LogP contribution >= 0.6 is 0 Å². The summed E-state index contributed by atoms with van der Waals surface area (Å²) in [6.45, 7) is 1.33. The van der Waals surface area contributed by atoms with Gasteiger partial charge < -0.3 is 20.5 Å². The third-order valence-electron chi connectivity index (χ3n) is 5.69. The van der Waals surface area contributed by atoms with E-state index in [1.54, 1.807) is 12.3 Å². The first-order chi connectivity index (χ1) is 14.3. The summed E-state index contributed by atoms with van der Waals surface area (Å²) >= 11 is 0. The van der Waals surface area contributed by atoms with Crippen molar-refractivity contribution in [2.45, 2.75) is 56.1 Å². The Hall–Kier alpha value is -2.82. The summed E-state index contributed by atoms with van der Waals surface area (Å²) in [5, 5.41) is 7.38. The first kappa shape index (κ1) is 20.5. The summed E-state index contributed by atoms with van der Waals surface area (Å²) < 4.78 is 39.2. The number of fused-ring (bicyclic) bond motifs is 1. The molecule has 1 aliphatic heterocycles. The number of carbonyl (C=O) groups excluding carboxylic acids is 2. The molecule has 3 heterocycles. The van der Waals surface area contributed by atoms with E-state index in [1.807, 2.05) is 0 Å². The Balaban J connectivity index is 1.55. The van der Waals surface area contributed by atoms with Crippen LogP contribution in [0.25, 0.3) is 5.65 Å². The molecule has 9 nitrogen and oxygen atoms in total. The highest BCUT2D eigenvalue weighted by Gasteiger charge is 2.50. The molecule has 2 aromatic heterocycles. The van der Waals surface area contributed by atoms with E-state index in [4.69, 9.17) is 15.2 Å². The molecule has 1 saturated carbocycles. The number of ether oxygens (including phenoxy) is 2. The van der Waals surface area contributed by atoms with Gasteiger partial charge in [0.05, 0.1) is 6.20 Å². The maximum Gasteiger partial charge on any atom is 0.344 e. The van der Waals surface area contributed by atoms with Gasteiger partial charge in [-0.05, 0) is 18.9 Å². The second-order valence-electron chi connectivity index (χ2n) is 7.77. The number of hydrogen-bond donors (Lipinski definition) is 2. The van der Waals surface area contributed by atoms with Crippen molar-refractivity contribution in [1.29, 1.82) is 0 Å². The van der Waals surface area contributed by atoms with Gasteiger partial charge in [0, 0.05) is 51.1 Å². The Morgan fingerprint density at radius 2 is 1.93 bits per heavy atom. The predicted octanol–water partition coefficient (Wildman–Crippen LogP) is 1.91. The molecular weight excluding hydrogens is 400 g/mol. The molecule has 2 fully saturated rings. The highest BCUT2D eigenvalue weighted by Crippen LogP contribution is 2.40. The number of hydrogen-bond acceptors (Lipinski definition) is 7. The maximum absolute atomic E-state index is 13.5. The first-order valence-electron chi connectivity index (χ1n) is 9.88. The van der Waals surface area contributed by atoms with Gasteiger partial charge in [0.15, 0.2) is 11.2 Å². The second kappa shape index (κ2) is 7.78. The van der Waals surface area contributed by atoms with Gasteiger partial charge in [-0.25, -0.2) is 23.1 Å². The Morgan fingerprint density at radius 3 is 2.60 bits per heavy atom. The second-order valence-corrected chi connectivity index (χ2v) is 7.77. The van der Waals surface area contributed by atoms with Crippen molar-refractivity contribution in [1.82, 2.24) is 14.6 Å². The van der Waals surface area contributed by atoms with Crippen LogP contribution in [0.3, 0.4) is 0 Å². The van der Waals surface area contributed by atoms with Crippen LogP contribution in [0, 0.1) is 0 Å². The van der Waals surface area contributed by atoms with Crippen molar-refractivity contribution in [3.05, 3.63) is 24.0 Å². The minimum absolute atomic E-state index is 0.0311. The Morgan fingerprint density at radius 1 is 1.23 bits per heavy atom. The number of nitrogens with zero attached hydrogens (tertiary/aromatic N) is 3. The molecule has 1 aliphatic carbocycles. The monoisotopic (exact) mass is 423 g/mol. The lowest BCUT2D eigenvalue weighted by molar-refractivity contribution is -0.151. The van der Waals surface area contributed by atoms with E-state index in [2.05, 4.69) is 15.4 Å². The molecule has 30 heavy (non-hydrogen) atoms. The number of nitrogens with one attached hydrogen (secondary N) is 1. The fourth-order valence-electron chi connectivity index (χ4n) is 3.80. The molecule has 0 radical (unpaired) electrons. The van der Waals surface area contributed by atoms with Crippen molar-refractivity contribution in [2.75, 3.05) is 18.5 Å². The molecule has 0 spiro atoms. The lowest BCUT2D eigenvalue weighted by Crippen LogP contribution is -2.51. The minimum Gasteiger partial charge on any atom is -0.445 e. The topological polar surface area (TPSA) is 121 Å². The first-order valence-corrected chi connectivity index (χ1v) is 9.88. The zero-order valence-electron chi connectivity index (χ0n) is 16.3. The summed E-state index contributed by atoms with van der Waals surface area (Å²) in [6.07, 6.45) is 2.79. The Kier molecular flexibility index (Phi) is 5.31. The van der Waals surface area contributed by atoms with E-state index in [0.29, 0.717) is 19.0 Å². The van der Waals surface area contributed by atoms with E-state index >= 15 is 0 Å². The van der Waals surface area contributed by atoms with Gasteiger partial charge in [-0.3, -0.25) is 4.79 Å². The third-order valence-corrected chi connectivity index (χ3v) is 5.69. The van der Waals surface area contributed by atoms with Crippen molar-refractivity contribution in [3.8, 4) is 0 Å². The van der Waals surface area contributed by atoms with Gasteiger partial charge in [-0.1, -0.05) is 0 Å². The van der Waals surface area contributed by atoms with Crippen LogP contribution in [0.1, 0.15) is 48.9 Å². The van der Waals surface area contributed by atoms with E-state index in [1.165, 1.54) is 10.7 Å². The number of primary amides is 1. The lowest BCUT2D eigenvalue weighted by atomic mass is 9.82. The van der Waals surface area contributed by atoms with Gasteiger partial charge in [-0.15, -0.1) is 0 Å². The molecule has 3 N–H and O–H groups in total. The number of alkyl halides is 2. The van der Waals surface area contributed by atoms with Crippen LogP contribution in [-0.4, -0.2) is 57.3 Å². The molecule has 1 amide bonds. The van der Waals surface area contributed by atoms with Crippen molar-refractivity contribution < 1.29 is 27.8 Å². The van der Waals surface area contributed by atoms with Crippen LogP contribution in [0.4, 0.5) is 14.6 Å². The molecule has 0 atom stereocenters. The van der Waals surface area contributed by atoms with E-state index < -0.39 is 36.2 Å². The van der Waals surface area contributed by atoms with E-state index in [-0.39, 0.29) is 30.1 Å². The molecule has 2 aromatic rings. The van der Waals surface area contributed by atoms with E-state index in [9.17, 15) is 18.4 Å². The van der Waals surface area contributed by atoms with Gasteiger partial charge in [0.25, 0.3) is 5.91 Å². The van der Waals surface area contributed by atoms with Crippen molar-refractivity contribution in [3.63, 3.8) is 0 Å². The Labute approximate surface area is 170 Å². The SMILES string of the molecule is NC(=O)C1(OC(=O)c2cnn3ccc(NC4CCOCC4)nc23)CCC(F)(F)CC1. The van der Waals surface area contributed by atoms with Crippen LogP contribution in [0.5, 0.6) is 0 Å². The molecule has 0 bridgehead atoms. The summed E-state index contributed by atoms with van der Waals surface area (Å²) in [6, 6.07) is 1.94. The van der Waals surface area contributed by atoms with Gasteiger partial charge in [0.2, 0.25) is 5.92 Å². The summed E-state index contributed by atoms with van der Waals surface area (Å²) in [7, 11) is 0. The average molecular weight is 423 g/mol. The number of esters is 1. The van der Waals surface area contributed by atoms with Gasteiger partial charge in [0.1, 0.15) is 11.4 Å². The molecule has 4 rings (SSSR count). The number of amides is 1. The van der Waals surface area contributed by atoms with Crippen LogP contribution in [0.2, 0.25) is 0 Å². The molecule has 0 aromatic carbocycles. The number of halogens is 2. The van der Waals surface area contributed by atoms with Gasteiger partial charge in [-0.2, -0.15) is 5.10 Å². The minimum atomic E-state index is -2.90. The number of rotatable bonds is 5. The number of nitrogens with two attached hydrogens (primary N) is 1. The van der Waals surface area contributed by atoms with Crippen molar-refractivity contribution in [2.24, 2.45) is 5.73 Å². The average Bonchev–Trinajstić information content (AvgIpc) is 3.14. The molecule has 11 heteroatoms. The Bertz CT molecular complexity index is 948. The summed E-state index contributed by atoms with van der Waals surface area (Å²) in [4.78, 5) is 29.2. The van der Waals surface area contributed by atoms with Gasteiger partial charge >= 0.3 is 5.97 Å². The fraction of sp³-hybridized carbons (Fsp3) is 0.579. The third kappa shape index (κ3) is 4.07. The van der Waals surface area contributed by atoms with Crippen LogP contribution in [0.15, 0.2) is 18.5 Å². The number of carbonyl (C=O) groups is 2. The molecule has 162 valence electrons. The normalized spacial score (nSPS) is 21.3. The quantitative estimate of drug-likeness (QED) is 0.705. The summed E-state index contributed by atoms with van der Waals surface area (Å²) in [5.41, 5.74) is 3.92. The molecular formula is C19H23F2N5O4. The number of anilines is 1. The van der Waals surface area contributed by atoms with Crippen molar-refractivity contribution >= 4 is 23.3 Å². The highest BCUT2D eigenvalue weighted by molar-refractivity contribution is 5.98. The largest absolute Gasteiger partial charge is 0.445 e. The lowest BCUT2D eigenvalue weighted by Gasteiger charge is -2.36. The molecule has 0 unspecified atom stereocenters. The predicted molar refractivity (Wildman–Crippen MR) is 101 cm³/mol. The molecule has 2 aliphatic rings. The smallest absolute Gasteiger partial charge is 0.344 e. The fourth-order valence-corrected chi connectivity index (χ4v) is 3.80. The highest BCUT2D eigenvalue weighted by atomic mass is 19.3. The van der Waals surface area contributed by atoms with E-state index in [0.717, 1.165) is 12.8 Å².